The average molecular weight is 311 g/mol. The summed E-state index contributed by atoms with van der Waals surface area (Å²) in [6, 6.07) is 12.6. The van der Waals surface area contributed by atoms with E-state index in [1.54, 1.807) is 0 Å². The molecule has 0 saturated carbocycles. The van der Waals surface area contributed by atoms with E-state index in [-0.39, 0.29) is 5.91 Å². The number of carbonyl (C=O) groups excluding carboxylic acids is 1. The maximum atomic E-state index is 12.7. The molecule has 0 spiro atoms. The quantitative estimate of drug-likeness (QED) is 0.934. The van der Waals surface area contributed by atoms with E-state index in [9.17, 15) is 4.79 Å². The molecular weight excluding hydrogens is 286 g/mol. The highest BCUT2D eigenvalue weighted by molar-refractivity contribution is 5.92. The zero-order valence-corrected chi connectivity index (χ0v) is 13.8. The van der Waals surface area contributed by atoms with Gasteiger partial charge < -0.3 is 4.90 Å². The van der Waals surface area contributed by atoms with Gasteiger partial charge in [-0.2, -0.15) is 5.10 Å². The van der Waals surface area contributed by atoms with Crippen molar-refractivity contribution in [1.82, 2.24) is 15.1 Å². The Hall–Kier alpha value is -2.10. The van der Waals surface area contributed by atoms with Gasteiger partial charge in [0.1, 0.15) is 5.69 Å². The predicted molar refractivity (Wildman–Crippen MR) is 91.5 cm³/mol. The highest BCUT2D eigenvalue weighted by Gasteiger charge is 2.23. The van der Waals surface area contributed by atoms with Crippen LogP contribution in [-0.2, 0) is 6.42 Å². The topological polar surface area (TPSA) is 49.0 Å². The first-order chi connectivity index (χ1) is 11.3. The highest BCUT2D eigenvalue weighted by Crippen LogP contribution is 2.28. The maximum Gasteiger partial charge on any atom is 0.274 e. The highest BCUT2D eigenvalue weighted by atomic mass is 16.2. The normalized spacial score (nSPS) is 18.7. The van der Waals surface area contributed by atoms with Crippen LogP contribution in [0.1, 0.15) is 60.3 Å². The summed E-state index contributed by atoms with van der Waals surface area (Å²) in [5.74, 6) is 0.626. The van der Waals surface area contributed by atoms with Crippen LogP contribution in [0.15, 0.2) is 36.4 Å². The number of carbonyl (C=O) groups is 1. The van der Waals surface area contributed by atoms with Crippen molar-refractivity contribution in [2.45, 2.75) is 44.9 Å². The van der Waals surface area contributed by atoms with E-state index in [2.05, 4.69) is 47.5 Å². The second kappa shape index (κ2) is 7.44. The Bertz CT molecular complexity index is 635. The average Bonchev–Trinajstić information content (AvgIpc) is 2.91. The van der Waals surface area contributed by atoms with Crippen LogP contribution in [-0.4, -0.2) is 34.1 Å². The summed E-state index contributed by atoms with van der Waals surface area (Å²) < 4.78 is 0. The molecule has 1 aliphatic heterocycles. The van der Waals surface area contributed by atoms with Gasteiger partial charge >= 0.3 is 0 Å². The van der Waals surface area contributed by atoms with E-state index in [0.29, 0.717) is 11.6 Å². The first kappa shape index (κ1) is 15.8. The number of aryl methyl sites for hydroxylation is 1. The number of H-pyrrole nitrogens is 1. The number of aromatic amines is 1. The van der Waals surface area contributed by atoms with Gasteiger partial charge in [-0.1, -0.05) is 43.7 Å². The number of hydrogen-bond donors (Lipinski definition) is 1. The monoisotopic (exact) mass is 311 g/mol. The van der Waals surface area contributed by atoms with E-state index in [4.69, 9.17) is 0 Å². The lowest BCUT2D eigenvalue weighted by molar-refractivity contribution is 0.0755. The van der Waals surface area contributed by atoms with Crippen LogP contribution in [0, 0.1) is 0 Å². The molecule has 122 valence electrons. The van der Waals surface area contributed by atoms with Crippen LogP contribution < -0.4 is 0 Å². The van der Waals surface area contributed by atoms with E-state index in [1.165, 1.54) is 5.56 Å². The summed E-state index contributed by atoms with van der Waals surface area (Å²) in [4.78, 5) is 14.6. The molecule has 1 aliphatic rings. The molecule has 1 fully saturated rings. The fraction of sp³-hybridized carbons (Fsp3) is 0.474. The summed E-state index contributed by atoms with van der Waals surface area (Å²) >= 11 is 0. The molecule has 4 heteroatoms. The van der Waals surface area contributed by atoms with Crippen molar-refractivity contribution in [3.05, 3.63) is 53.3 Å². The fourth-order valence-electron chi connectivity index (χ4n) is 3.39. The molecule has 3 rings (SSSR count). The molecule has 2 aromatic rings. The number of nitrogens with zero attached hydrogens (tertiary/aromatic N) is 2. The molecule has 0 aliphatic carbocycles. The Kier molecular flexibility index (Phi) is 5.11. The zero-order chi connectivity index (χ0) is 16.1. The van der Waals surface area contributed by atoms with E-state index in [0.717, 1.165) is 50.9 Å². The third-order valence-corrected chi connectivity index (χ3v) is 4.66. The SMILES string of the molecule is CCCc1cc(C(=O)N2CCC[C@@H](c3ccccc3)CC2)n[nH]1. The third-order valence-electron chi connectivity index (χ3n) is 4.66. The van der Waals surface area contributed by atoms with Gasteiger partial charge in [0.05, 0.1) is 0 Å². The van der Waals surface area contributed by atoms with Crippen LogP contribution >= 0.6 is 0 Å². The number of nitrogens with one attached hydrogen (secondary N) is 1. The van der Waals surface area contributed by atoms with E-state index in [1.807, 2.05) is 11.0 Å². The van der Waals surface area contributed by atoms with Gasteiger partial charge in [0, 0.05) is 18.8 Å². The van der Waals surface area contributed by atoms with Crippen LogP contribution in [0.25, 0.3) is 0 Å². The van der Waals surface area contributed by atoms with Crippen molar-refractivity contribution >= 4 is 5.91 Å². The summed E-state index contributed by atoms with van der Waals surface area (Å²) in [6.07, 6.45) is 5.23. The Labute approximate surface area is 137 Å². The standard InChI is InChI=1S/C19H25N3O/c1-2-7-17-14-18(21-20-17)19(23)22-12-6-10-16(11-13-22)15-8-4-3-5-9-15/h3-5,8-9,14,16H,2,6-7,10-13H2,1H3,(H,20,21)/t16-/m1/s1. The van der Waals surface area contributed by atoms with Gasteiger partial charge in [-0.15, -0.1) is 0 Å². The molecule has 1 aromatic heterocycles. The van der Waals surface area contributed by atoms with E-state index < -0.39 is 0 Å². The molecule has 1 saturated heterocycles. The Balaban J connectivity index is 1.64. The molecular formula is C19H25N3O. The number of rotatable bonds is 4. The molecule has 0 radical (unpaired) electrons. The van der Waals surface area contributed by atoms with Gasteiger partial charge in [0.15, 0.2) is 0 Å². The minimum atomic E-state index is 0.0670. The van der Waals surface area contributed by atoms with Crippen molar-refractivity contribution < 1.29 is 4.79 Å². The molecule has 1 aromatic carbocycles. The van der Waals surface area contributed by atoms with Crippen molar-refractivity contribution in [3.8, 4) is 0 Å². The molecule has 23 heavy (non-hydrogen) atoms. The Morgan fingerprint density at radius 2 is 2.09 bits per heavy atom. The van der Waals surface area contributed by atoms with Crippen LogP contribution in [0.4, 0.5) is 0 Å². The maximum absolute atomic E-state index is 12.7. The van der Waals surface area contributed by atoms with Gasteiger partial charge in [-0.05, 0) is 43.2 Å². The van der Waals surface area contributed by atoms with Gasteiger partial charge in [-0.3, -0.25) is 9.89 Å². The van der Waals surface area contributed by atoms with Gasteiger partial charge in [0.25, 0.3) is 5.91 Å². The lowest BCUT2D eigenvalue weighted by Gasteiger charge is -2.19. The molecule has 1 amide bonds. The Morgan fingerprint density at radius 3 is 2.87 bits per heavy atom. The summed E-state index contributed by atoms with van der Waals surface area (Å²) in [5, 5.41) is 7.18. The predicted octanol–water partition coefficient (Wildman–Crippen LogP) is 3.77. The van der Waals surface area contributed by atoms with Crippen molar-refractivity contribution in [2.24, 2.45) is 0 Å². The Morgan fingerprint density at radius 1 is 1.26 bits per heavy atom. The van der Waals surface area contributed by atoms with Gasteiger partial charge in [0.2, 0.25) is 0 Å². The number of benzene rings is 1. The van der Waals surface area contributed by atoms with Crippen LogP contribution in [0.2, 0.25) is 0 Å². The number of aromatic nitrogens is 2. The number of amides is 1. The van der Waals surface area contributed by atoms with Gasteiger partial charge in [-0.25, -0.2) is 0 Å². The minimum Gasteiger partial charge on any atom is -0.337 e. The summed E-state index contributed by atoms with van der Waals surface area (Å²) in [5.41, 5.74) is 3.01. The lowest BCUT2D eigenvalue weighted by Crippen LogP contribution is -2.32. The lowest BCUT2D eigenvalue weighted by atomic mass is 9.92. The smallest absolute Gasteiger partial charge is 0.274 e. The summed E-state index contributed by atoms with van der Waals surface area (Å²) in [6.45, 7) is 3.77. The number of hydrogen-bond acceptors (Lipinski definition) is 2. The van der Waals surface area contributed by atoms with Crippen molar-refractivity contribution in [2.75, 3.05) is 13.1 Å². The minimum absolute atomic E-state index is 0.0670. The largest absolute Gasteiger partial charge is 0.337 e. The molecule has 1 N–H and O–H groups in total. The molecule has 0 unspecified atom stereocenters. The number of likely N-dealkylation sites (tertiary alicyclic amines) is 1. The molecule has 0 bridgehead atoms. The molecule has 2 heterocycles. The van der Waals surface area contributed by atoms with Crippen LogP contribution in [0.5, 0.6) is 0 Å². The molecule has 4 nitrogen and oxygen atoms in total. The van der Waals surface area contributed by atoms with Crippen LogP contribution in [0.3, 0.4) is 0 Å². The van der Waals surface area contributed by atoms with Crippen molar-refractivity contribution in [3.63, 3.8) is 0 Å². The fourth-order valence-corrected chi connectivity index (χ4v) is 3.39. The zero-order valence-electron chi connectivity index (χ0n) is 13.8. The van der Waals surface area contributed by atoms with E-state index >= 15 is 0 Å². The third kappa shape index (κ3) is 3.81. The van der Waals surface area contributed by atoms with Crippen molar-refractivity contribution in [1.29, 1.82) is 0 Å². The molecule has 1 atom stereocenters. The second-order valence-corrected chi connectivity index (χ2v) is 6.36. The first-order valence-electron chi connectivity index (χ1n) is 8.66. The second-order valence-electron chi connectivity index (χ2n) is 6.36. The summed E-state index contributed by atoms with van der Waals surface area (Å²) in [7, 11) is 0. The first-order valence-corrected chi connectivity index (χ1v) is 8.66.